The van der Waals surface area contributed by atoms with Gasteiger partial charge in [-0.1, -0.05) is 25.3 Å². The number of nitrogens with zero attached hydrogens (tertiary/aromatic N) is 2. The summed E-state index contributed by atoms with van der Waals surface area (Å²) >= 11 is 1.71. The van der Waals surface area contributed by atoms with E-state index in [-0.39, 0.29) is 5.91 Å². The number of hydrogen-bond donors (Lipinski definition) is 1. The molecule has 1 amide bonds. The van der Waals surface area contributed by atoms with Gasteiger partial charge >= 0.3 is 0 Å². The number of pyridine rings is 1. The smallest absolute Gasteiger partial charge is 0.247 e. The Morgan fingerprint density at radius 2 is 2.29 bits per heavy atom. The van der Waals surface area contributed by atoms with Gasteiger partial charge in [-0.05, 0) is 30.7 Å². The Labute approximate surface area is 144 Å². The molecule has 3 aromatic rings. The summed E-state index contributed by atoms with van der Waals surface area (Å²) in [6.07, 6.45) is 5.85. The molecule has 0 spiro atoms. The van der Waals surface area contributed by atoms with Crippen LogP contribution in [-0.4, -0.2) is 15.5 Å². The van der Waals surface area contributed by atoms with E-state index in [1.807, 2.05) is 23.9 Å². The summed E-state index contributed by atoms with van der Waals surface area (Å²) in [6.45, 7) is 5.59. The molecule has 0 aliphatic carbocycles. The van der Waals surface area contributed by atoms with Crippen molar-refractivity contribution in [1.29, 1.82) is 0 Å². The predicted molar refractivity (Wildman–Crippen MR) is 99.2 cm³/mol. The van der Waals surface area contributed by atoms with E-state index in [0.29, 0.717) is 5.69 Å². The van der Waals surface area contributed by atoms with Crippen LogP contribution in [0.3, 0.4) is 0 Å². The zero-order valence-corrected chi connectivity index (χ0v) is 14.4. The summed E-state index contributed by atoms with van der Waals surface area (Å²) in [7, 11) is 1.93. The lowest BCUT2D eigenvalue weighted by Crippen LogP contribution is -2.07. The minimum atomic E-state index is -0.259. The highest BCUT2D eigenvalue weighted by molar-refractivity contribution is 7.12. The summed E-state index contributed by atoms with van der Waals surface area (Å²) in [6, 6.07) is 6.05. The first kappa shape index (κ1) is 16.0. The molecule has 0 bridgehead atoms. The van der Waals surface area contributed by atoms with Crippen molar-refractivity contribution in [2.75, 3.05) is 5.32 Å². The Morgan fingerprint density at radius 3 is 3.00 bits per heavy atom. The second-order valence-corrected chi connectivity index (χ2v) is 6.48. The number of carbonyl (C=O) groups is 1. The third kappa shape index (κ3) is 3.24. The molecule has 1 N–H and O–H groups in total. The SMILES string of the molecule is C=CC(=O)Nc1cnc2c(c1)c(C#Cc1ccc(CC)s1)cn2C. The Bertz CT molecular complexity index is 985. The molecule has 0 saturated carbocycles. The second kappa shape index (κ2) is 6.73. The van der Waals surface area contributed by atoms with Crippen molar-refractivity contribution in [3.8, 4) is 11.8 Å². The fourth-order valence-corrected chi connectivity index (χ4v) is 3.19. The summed E-state index contributed by atoms with van der Waals surface area (Å²) in [5, 5.41) is 3.65. The third-order valence-corrected chi connectivity index (χ3v) is 4.74. The molecule has 0 aromatic carbocycles. The molecular formula is C19H17N3OS. The number of anilines is 1. The number of aryl methyl sites for hydroxylation is 2. The standard InChI is InChI=1S/C19H17N3OS/c1-4-15-8-9-16(24-15)7-6-13-12-22(3)19-17(13)10-14(11-20-19)21-18(23)5-2/h5,8-12H,2,4H2,1,3H3,(H,21,23). The number of fused-ring (bicyclic) bond motifs is 1. The lowest BCUT2D eigenvalue weighted by molar-refractivity contribution is -0.111. The summed E-state index contributed by atoms with van der Waals surface area (Å²) < 4.78 is 1.93. The average molecular weight is 335 g/mol. The van der Waals surface area contributed by atoms with Crippen LogP contribution >= 0.6 is 11.3 Å². The van der Waals surface area contributed by atoms with Gasteiger partial charge in [0.15, 0.2) is 0 Å². The second-order valence-electron chi connectivity index (χ2n) is 5.31. The van der Waals surface area contributed by atoms with Gasteiger partial charge in [0.2, 0.25) is 5.91 Å². The molecule has 3 heterocycles. The number of thiophene rings is 1. The van der Waals surface area contributed by atoms with Crippen molar-refractivity contribution < 1.29 is 4.79 Å². The largest absolute Gasteiger partial charge is 0.334 e. The summed E-state index contributed by atoms with van der Waals surface area (Å²) in [5.74, 6) is 6.18. The first-order valence-corrected chi connectivity index (χ1v) is 8.41. The van der Waals surface area contributed by atoms with Crippen molar-refractivity contribution >= 4 is 34.0 Å². The van der Waals surface area contributed by atoms with E-state index in [1.165, 1.54) is 11.0 Å². The van der Waals surface area contributed by atoms with Crippen LogP contribution < -0.4 is 5.32 Å². The number of amides is 1. The Morgan fingerprint density at radius 1 is 1.46 bits per heavy atom. The molecular weight excluding hydrogens is 318 g/mol. The maximum Gasteiger partial charge on any atom is 0.247 e. The van der Waals surface area contributed by atoms with Crippen LogP contribution in [0.5, 0.6) is 0 Å². The Hall–Kier alpha value is -2.84. The van der Waals surface area contributed by atoms with E-state index in [4.69, 9.17) is 0 Å². The number of hydrogen-bond acceptors (Lipinski definition) is 3. The van der Waals surface area contributed by atoms with E-state index >= 15 is 0 Å². The van der Waals surface area contributed by atoms with Crippen LogP contribution in [0.15, 0.2) is 43.2 Å². The zero-order chi connectivity index (χ0) is 17.1. The van der Waals surface area contributed by atoms with Gasteiger partial charge in [-0.3, -0.25) is 4.79 Å². The zero-order valence-electron chi connectivity index (χ0n) is 13.6. The normalized spacial score (nSPS) is 10.2. The number of aromatic nitrogens is 2. The van der Waals surface area contributed by atoms with E-state index < -0.39 is 0 Å². The minimum absolute atomic E-state index is 0.259. The molecule has 0 unspecified atom stereocenters. The average Bonchev–Trinajstić information content (AvgIpc) is 3.17. The molecule has 0 aliphatic rings. The van der Waals surface area contributed by atoms with Crippen molar-refractivity contribution in [2.45, 2.75) is 13.3 Å². The quantitative estimate of drug-likeness (QED) is 0.586. The number of carbonyl (C=O) groups excluding carboxylic acids is 1. The molecule has 4 nitrogen and oxygen atoms in total. The molecule has 120 valence electrons. The fraction of sp³-hybridized carbons (Fsp3) is 0.158. The molecule has 0 saturated heterocycles. The van der Waals surface area contributed by atoms with Gasteiger partial charge in [-0.15, -0.1) is 11.3 Å². The van der Waals surface area contributed by atoms with E-state index in [0.717, 1.165) is 27.9 Å². The first-order valence-electron chi connectivity index (χ1n) is 7.60. The highest BCUT2D eigenvalue weighted by Gasteiger charge is 2.08. The first-order chi connectivity index (χ1) is 11.6. The topological polar surface area (TPSA) is 46.9 Å². The molecule has 24 heavy (non-hydrogen) atoms. The van der Waals surface area contributed by atoms with Crippen LogP contribution in [0.2, 0.25) is 0 Å². The third-order valence-electron chi connectivity index (χ3n) is 3.60. The molecule has 0 radical (unpaired) electrons. The number of rotatable bonds is 3. The maximum atomic E-state index is 11.5. The van der Waals surface area contributed by atoms with Gasteiger partial charge < -0.3 is 9.88 Å². The van der Waals surface area contributed by atoms with Crippen molar-refractivity contribution in [1.82, 2.24) is 9.55 Å². The van der Waals surface area contributed by atoms with Crippen LogP contribution in [0.25, 0.3) is 11.0 Å². The van der Waals surface area contributed by atoms with Gasteiger partial charge in [0.05, 0.1) is 22.3 Å². The van der Waals surface area contributed by atoms with Crippen LogP contribution in [-0.2, 0) is 18.3 Å². The highest BCUT2D eigenvalue weighted by atomic mass is 32.1. The van der Waals surface area contributed by atoms with Gasteiger partial charge in [0.25, 0.3) is 0 Å². The monoisotopic (exact) mass is 335 g/mol. The number of nitrogens with one attached hydrogen (secondary N) is 1. The summed E-state index contributed by atoms with van der Waals surface area (Å²) in [5.41, 5.74) is 2.35. The van der Waals surface area contributed by atoms with Crippen molar-refractivity contribution in [3.63, 3.8) is 0 Å². The fourth-order valence-electron chi connectivity index (χ4n) is 2.39. The maximum absolute atomic E-state index is 11.5. The summed E-state index contributed by atoms with van der Waals surface area (Å²) in [4.78, 5) is 18.2. The molecule has 3 aromatic heterocycles. The molecule has 0 atom stereocenters. The molecule has 3 rings (SSSR count). The van der Waals surface area contributed by atoms with E-state index in [1.54, 1.807) is 17.5 Å². The molecule has 0 aliphatic heterocycles. The van der Waals surface area contributed by atoms with E-state index in [2.05, 4.69) is 47.8 Å². The van der Waals surface area contributed by atoms with Gasteiger partial charge in [-0.2, -0.15) is 0 Å². The molecule has 0 fully saturated rings. The van der Waals surface area contributed by atoms with Gasteiger partial charge in [0, 0.05) is 23.5 Å². The van der Waals surface area contributed by atoms with E-state index in [9.17, 15) is 4.79 Å². The minimum Gasteiger partial charge on any atom is -0.334 e. The van der Waals surface area contributed by atoms with Crippen LogP contribution in [0, 0.1) is 11.8 Å². The van der Waals surface area contributed by atoms with Crippen LogP contribution in [0.1, 0.15) is 22.2 Å². The Balaban J connectivity index is 1.99. The Kier molecular flexibility index (Phi) is 4.50. The van der Waals surface area contributed by atoms with Gasteiger partial charge in [0.1, 0.15) is 5.65 Å². The van der Waals surface area contributed by atoms with Crippen LogP contribution in [0.4, 0.5) is 5.69 Å². The lowest BCUT2D eigenvalue weighted by atomic mass is 10.2. The van der Waals surface area contributed by atoms with Gasteiger partial charge in [-0.25, -0.2) is 4.98 Å². The van der Waals surface area contributed by atoms with Crippen molar-refractivity contribution in [2.24, 2.45) is 7.05 Å². The highest BCUT2D eigenvalue weighted by Crippen LogP contribution is 2.22. The predicted octanol–water partition coefficient (Wildman–Crippen LogP) is 3.72. The molecule has 5 heteroatoms. The lowest BCUT2D eigenvalue weighted by Gasteiger charge is -2.02. The van der Waals surface area contributed by atoms with Crippen molar-refractivity contribution in [3.05, 3.63) is 58.6 Å².